The number of aryl methyl sites for hydroxylation is 1. The van der Waals surface area contributed by atoms with Crippen LogP contribution in [0, 0.1) is 18.8 Å². The van der Waals surface area contributed by atoms with Gasteiger partial charge < -0.3 is 24.8 Å². The van der Waals surface area contributed by atoms with E-state index in [0.29, 0.717) is 53.4 Å². The van der Waals surface area contributed by atoms with Crippen LogP contribution in [0.3, 0.4) is 0 Å². The molecule has 0 radical (unpaired) electrons. The van der Waals surface area contributed by atoms with E-state index in [1.165, 1.54) is 0 Å². The predicted octanol–water partition coefficient (Wildman–Crippen LogP) is 6.08. The van der Waals surface area contributed by atoms with Crippen LogP contribution in [0.5, 0.6) is 28.7 Å². The fourth-order valence-corrected chi connectivity index (χ4v) is 6.54. The van der Waals surface area contributed by atoms with Crippen molar-refractivity contribution in [2.24, 2.45) is 11.8 Å². The second-order valence-corrected chi connectivity index (χ2v) is 12.9. The molecule has 6 rings (SSSR count). The number of amides is 4. The fraction of sp³-hybridized carbons (Fsp3) is 0.300. The largest absolute Gasteiger partial charge is 0.493 e. The Morgan fingerprint density at radius 1 is 0.566 bits per heavy atom. The number of nitrogens with one attached hydrogen (secondary N) is 4. The fourth-order valence-electron chi connectivity index (χ4n) is 6.54. The van der Waals surface area contributed by atoms with Gasteiger partial charge in [0.15, 0.2) is 11.5 Å². The van der Waals surface area contributed by atoms with Crippen molar-refractivity contribution in [1.29, 1.82) is 0 Å². The Bertz CT molecular complexity index is 1870. The first-order valence-electron chi connectivity index (χ1n) is 17.4. The Labute approximate surface area is 307 Å². The molecular weight excluding hydrogens is 680 g/mol. The van der Waals surface area contributed by atoms with E-state index in [2.05, 4.69) is 10.6 Å². The summed E-state index contributed by atoms with van der Waals surface area (Å²) in [5, 5.41) is 23.4. The lowest BCUT2D eigenvalue weighted by atomic mass is 10.0. The maximum Gasteiger partial charge on any atom is 0.251 e. The highest BCUT2D eigenvalue weighted by Crippen LogP contribution is 2.32. The van der Waals surface area contributed by atoms with Crippen LogP contribution in [0.4, 0.5) is 0 Å². The molecule has 4 aromatic rings. The van der Waals surface area contributed by atoms with Gasteiger partial charge >= 0.3 is 0 Å². The summed E-state index contributed by atoms with van der Waals surface area (Å²) in [6.45, 7) is 1.97. The minimum atomic E-state index is -0.460. The second kappa shape index (κ2) is 18.5. The van der Waals surface area contributed by atoms with Gasteiger partial charge in [0, 0.05) is 23.2 Å². The summed E-state index contributed by atoms with van der Waals surface area (Å²) in [5.74, 6) is 0.983. The van der Waals surface area contributed by atoms with Crippen LogP contribution in [0.2, 0.25) is 0 Å². The zero-order valence-electron chi connectivity index (χ0n) is 29.5. The number of carbonyl (C=O) groups excluding carboxylic acids is 4. The van der Waals surface area contributed by atoms with Gasteiger partial charge in [-0.3, -0.25) is 29.6 Å². The zero-order valence-corrected chi connectivity index (χ0v) is 29.5. The predicted molar refractivity (Wildman–Crippen MR) is 194 cm³/mol. The lowest BCUT2D eigenvalue weighted by molar-refractivity contribution is -0.134. The first-order chi connectivity index (χ1) is 25.7. The van der Waals surface area contributed by atoms with E-state index in [9.17, 15) is 19.2 Å². The van der Waals surface area contributed by atoms with Gasteiger partial charge in [-0.1, -0.05) is 43.2 Å². The van der Waals surface area contributed by atoms with Crippen LogP contribution in [-0.4, -0.2) is 53.2 Å². The van der Waals surface area contributed by atoms with Crippen molar-refractivity contribution in [2.75, 3.05) is 7.11 Å². The molecule has 0 heterocycles. The molecule has 4 amide bonds. The van der Waals surface area contributed by atoms with E-state index in [1.54, 1.807) is 78.7 Å². The summed E-state index contributed by atoms with van der Waals surface area (Å²) in [4.78, 5) is 48.2. The summed E-state index contributed by atoms with van der Waals surface area (Å²) < 4.78 is 16.9. The average Bonchev–Trinajstić information content (AvgIpc) is 3.86. The molecule has 13 nitrogen and oxygen atoms in total. The van der Waals surface area contributed by atoms with Crippen molar-refractivity contribution in [1.82, 2.24) is 21.6 Å². The highest BCUT2D eigenvalue weighted by molar-refractivity contribution is 5.95. The third kappa shape index (κ3) is 10.1. The van der Waals surface area contributed by atoms with E-state index in [0.717, 1.165) is 30.6 Å². The van der Waals surface area contributed by atoms with Crippen molar-refractivity contribution in [3.8, 4) is 28.7 Å². The van der Waals surface area contributed by atoms with E-state index in [1.807, 2.05) is 43.3 Å². The van der Waals surface area contributed by atoms with Gasteiger partial charge in [0.25, 0.3) is 11.8 Å². The Balaban J connectivity index is 0.000000204. The van der Waals surface area contributed by atoms with Crippen LogP contribution >= 0.6 is 0 Å². The number of carbonyl (C=O) groups is 4. The minimum absolute atomic E-state index is 0.241. The highest BCUT2D eigenvalue weighted by Gasteiger charge is 2.35. The Morgan fingerprint density at radius 3 is 1.42 bits per heavy atom. The summed E-state index contributed by atoms with van der Waals surface area (Å²) >= 11 is 0. The second-order valence-electron chi connectivity index (χ2n) is 12.9. The van der Waals surface area contributed by atoms with Crippen molar-refractivity contribution >= 4 is 23.6 Å². The lowest BCUT2D eigenvalue weighted by Gasteiger charge is -2.19. The molecule has 2 aliphatic rings. The number of methoxy groups -OCH3 is 1. The van der Waals surface area contributed by atoms with Crippen LogP contribution in [0.25, 0.3) is 0 Å². The molecular formula is C40H44N4O9. The highest BCUT2D eigenvalue weighted by atomic mass is 16.5. The summed E-state index contributed by atoms with van der Waals surface area (Å²) in [6.07, 6.45) is 4.39. The molecule has 13 heteroatoms. The summed E-state index contributed by atoms with van der Waals surface area (Å²) in [7, 11) is 1.57. The standard InChI is InChI=1S/C20H22N2O5.C20H22N2O4/c1-26-17-7-2-3-8-18(17)27-14-11-9-13(10-12-14)19(23)21-16-6-4-5-15(16)20(24)22-25;1-13-5-2-3-8-18(13)26-15-11-9-14(10-12-15)19(23)21-17-7-4-6-16(17)20(24)22-25/h2-3,7-12,15-16,25H,4-6H2,1H3,(H,21,23)(H,22,24);2-3,5,8-12,16-17,25H,4,6-7H2,1H3,(H,21,23)(H,22,24)/t15-,16+;16-,17+/m00/s1. The molecule has 4 aromatic carbocycles. The molecule has 4 atom stereocenters. The number of rotatable bonds is 11. The van der Waals surface area contributed by atoms with E-state index in [4.69, 9.17) is 24.6 Å². The molecule has 0 bridgehead atoms. The number of hydrogen-bond donors (Lipinski definition) is 6. The Morgan fingerprint density at radius 2 is 0.981 bits per heavy atom. The third-order valence-electron chi connectivity index (χ3n) is 9.41. The van der Waals surface area contributed by atoms with E-state index in [-0.39, 0.29) is 23.9 Å². The van der Waals surface area contributed by atoms with Gasteiger partial charge in [-0.05, 0) is 105 Å². The van der Waals surface area contributed by atoms with Gasteiger partial charge in [0.2, 0.25) is 11.8 Å². The topological polar surface area (TPSA) is 185 Å². The maximum atomic E-state index is 12.5. The van der Waals surface area contributed by atoms with Gasteiger partial charge in [-0.15, -0.1) is 0 Å². The Hall–Kier alpha value is -5.92. The smallest absolute Gasteiger partial charge is 0.251 e. The normalized spacial score (nSPS) is 18.8. The SMILES string of the molecule is COc1ccccc1Oc1ccc(C(=O)N[C@@H]2CCC[C@@H]2C(=O)NO)cc1.Cc1ccccc1Oc1ccc(C(=O)N[C@@H]2CCC[C@@H]2C(=O)NO)cc1. The van der Waals surface area contributed by atoms with Crippen molar-refractivity contribution < 1.29 is 43.8 Å². The van der Waals surface area contributed by atoms with E-state index >= 15 is 0 Å². The lowest BCUT2D eigenvalue weighted by Crippen LogP contribution is -2.43. The zero-order chi connectivity index (χ0) is 37.7. The molecule has 0 spiro atoms. The first kappa shape index (κ1) is 38.3. The minimum Gasteiger partial charge on any atom is -0.493 e. The molecule has 2 fully saturated rings. The number of ether oxygens (including phenoxy) is 3. The van der Waals surface area contributed by atoms with Crippen LogP contribution in [-0.2, 0) is 9.59 Å². The average molecular weight is 725 g/mol. The number of benzene rings is 4. The van der Waals surface area contributed by atoms with Crippen LogP contribution in [0.1, 0.15) is 64.8 Å². The van der Waals surface area contributed by atoms with Crippen molar-refractivity contribution in [3.05, 3.63) is 114 Å². The quantitative estimate of drug-likeness (QED) is 0.0788. The van der Waals surface area contributed by atoms with Crippen LogP contribution < -0.4 is 35.8 Å². The maximum absolute atomic E-state index is 12.5. The van der Waals surface area contributed by atoms with Crippen molar-refractivity contribution in [3.63, 3.8) is 0 Å². The van der Waals surface area contributed by atoms with Gasteiger partial charge in [0.1, 0.15) is 17.2 Å². The van der Waals surface area contributed by atoms with E-state index < -0.39 is 23.7 Å². The number of para-hydroxylation sites is 3. The van der Waals surface area contributed by atoms with Gasteiger partial charge in [-0.25, -0.2) is 11.0 Å². The molecule has 2 saturated carbocycles. The van der Waals surface area contributed by atoms with Crippen molar-refractivity contribution in [2.45, 2.75) is 57.5 Å². The molecule has 0 aromatic heterocycles. The monoisotopic (exact) mass is 724 g/mol. The Kier molecular flexibility index (Phi) is 13.4. The molecule has 0 saturated heterocycles. The summed E-state index contributed by atoms with van der Waals surface area (Å²) in [6, 6.07) is 28.1. The first-order valence-corrected chi connectivity index (χ1v) is 17.4. The molecule has 0 unspecified atom stereocenters. The molecule has 53 heavy (non-hydrogen) atoms. The molecule has 278 valence electrons. The number of hydroxylamine groups is 2. The van der Waals surface area contributed by atoms with Gasteiger partial charge in [-0.2, -0.15) is 0 Å². The molecule has 0 aliphatic heterocycles. The van der Waals surface area contributed by atoms with Gasteiger partial charge in [0.05, 0.1) is 18.9 Å². The summed E-state index contributed by atoms with van der Waals surface area (Å²) in [5.41, 5.74) is 5.35. The molecule has 6 N–H and O–H groups in total. The third-order valence-corrected chi connectivity index (χ3v) is 9.41. The molecule has 2 aliphatic carbocycles. The number of hydrogen-bond acceptors (Lipinski definition) is 9. The van der Waals surface area contributed by atoms with Crippen LogP contribution in [0.15, 0.2) is 97.1 Å².